The maximum atomic E-state index is 12.0. The van der Waals surface area contributed by atoms with Crippen molar-refractivity contribution < 1.29 is 9.59 Å². The third-order valence-electron chi connectivity index (χ3n) is 2.85. The first-order valence-electron chi connectivity index (χ1n) is 6.10. The van der Waals surface area contributed by atoms with Gasteiger partial charge in [0.2, 0.25) is 0 Å². The van der Waals surface area contributed by atoms with Gasteiger partial charge in [-0.15, -0.1) is 0 Å². The van der Waals surface area contributed by atoms with Gasteiger partial charge in [-0.05, 0) is 59.3 Å². The lowest BCUT2D eigenvalue weighted by molar-refractivity contribution is 0.0846. The van der Waals surface area contributed by atoms with Gasteiger partial charge in [-0.3, -0.25) is 20.4 Å². The normalized spacial score (nSPS) is 10.0. The summed E-state index contributed by atoms with van der Waals surface area (Å²) < 4.78 is 0.750. The van der Waals surface area contributed by atoms with Crippen molar-refractivity contribution in [3.8, 4) is 0 Å². The van der Waals surface area contributed by atoms with Crippen molar-refractivity contribution in [3.63, 3.8) is 0 Å². The highest BCUT2D eigenvalue weighted by Crippen LogP contribution is 2.17. The third kappa shape index (κ3) is 3.95. The summed E-state index contributed by atoms with van der Waals surface area (Å²) in [5, 5.41) is 0.464. The lowest BCUT2D eigenvalue weighted by Crippen LogP contribution is -2.42. The van der Waals surface area contributed by atoms with E-state index < -0.39 is 5.91 Å². The topological polar surface area (TPSA) is 58.2 Å². The Hall–Kier alpha value is -1.60. The summed E-state index contributed by atoms with van der Waals surface area (Å²) in [6.45, 7) is 1.83. The van der Waals surface area contributed by atoms with Crippen LogP contribution in [0.15, 0.2) is 42.5 Å². The summed E-state index contributed by atoms with van der Waals surface area (Å²) in [5.74, 6) is -0.776. The standard InChI is InChI=1S/C15H12ClIN2O2/c1-9-4-2-3-5-11(9)14(20)18-19-15(21)12-8-10(16)6-7-13(12)17/h2-8H,1H3,(H,18,20)(H,19,21). The zero-order valence-corrected chi connectivity index (χ0v) is 14.0. The van der Waals surface area contributed by atoms with E-state index in [0.717, 1.165) is 9.13 Å². The summed E-state index contributed by atoms with van der Waals surface area (Å²) in [6, 6.07) is 12.1. The SMILES string of the molecule is Cc1ccccc1C(=O)NNC(=O)c1cc(Cl)ccc1I. The highest BCUT2D eigenvalue weighted by molar-refractivity contribution is 14.1. The molecule has 0 unspecified atom stereocenters. The monoisotopic (exact) mass is 414 g/mol. The Labute approximate surface area is 141 Å². The lowest BCUT2D eigenvalue weighted by Gasteiger charge is -2.10. The van der Waals surface area contributed by atoms with Crippen LogP contribution in [0.5, 0.6) is 0 Å². The zero-order valence-electron chi connectivity index (χ0n) is 11.1. The van der Waals surface area contributed by atoms with Crippen molar-refractivity contribution in [3.05, 3.63) is 67.7 Å². The van der Waals surface area contributed by atoms with E-state index in [0.29, 0.717) is 16.1 Å². The minimum Gasteiger partial charge on any atom is -0.267 e. The molecule has 0 fully saturated rings. The second-order valence-electron chi connectivity index (χ2n) is 4.35. The van der Waals surface area contributed by atoms with Crippen LogP contribution in [0.4, 0.5) is 0 Å². The molecule has 0 aliphatic rings. The van der Waals surface area contributed by atoms with Gasteiger partial charge in [-0.25, -0.2) is 0 Å². The van der Waals surface area contributed by atoms with Crippen LogP contribution in [-0.4, -0.2) is 11.8 Å². The van der Waals surface area contributed by atoms with Gasteiger partial charge < -0.3 is 0 Å². The van der Waals surface area contributed by atoms with E-state index in [-0.39, 0.29) is 5.91 Å². The van der Waals surface area contributed by atoms with E-state index in [2.05, 4.69) is 10.9 Å². The minimum atomic E-state index is -0.413. The second kappa shape index (κ2) is 6.91. The molecular formula is C15H12ClIN2O2. The van der Waals surface area contributed by atoms with Gasteiger partial charge >= 0.3 is 0 Å². The van der Waals surface area contributed by atoms with Crippen LogP contribution in [-0.2, 0) is 0 Å². The van der Waals surface area contributed by atoms with Crippen LogP contribution >= 0.6 is 34.2 Å². The average Bonchev–Trinajstić information content (AvgIpc) is 2.47. The number of hydrogen-bond donors (Lipinski definition) is 2. The molecule has 0 aliphatic heterocycles. The van der Waals surface area contributed by atoms with Crippen LogP contribution in [0.1, 0.15) is 26.3 Å². The van der Waals surface area contributed by atoms with Crippen LogP contribution in [0.2, 0.25) is 5.02 Å². The summed E-state index contributed by atoms with van der Waals surface area (Å²) in [4.78, 5) is 24.0. The fourth-order valence-corrected chi connectivity index (χ4v) is 2.50. The Bertz CT molecular complexity index is 704. The number of rotatable bonds is 2. The Kier molecular flexibility index (Phi) is 5.19. The number of hydrazine groups is 1. The van der Waals surface area contributed by atoms with E-state index in [1.165, 1.54) is 0 Å². The quantitative estimate of drug-likeness (QED) is 0.585. The van der Waals surface area contributed by atoms with Crippen molar-refractivity contribution in [1.29, 1.82) is 0 Å². The van der Waals surface area contributed by atoms with E-state index in [4.69, 9.17) is 11.6 Å². The maximum absolute atomic E-state index is 12.0. The zero-order chi connectivity index (χ0) is 15.4. The van der Waals surface area contributed by atoms with Crippen molar-refractivity contribution in [2.45, 2.75) is 6.92 Å². The van der Waals surface area contributed by atoms with Crippen LogP contribution < -0.4 is 10.9 Å². The van der Waals surface area contributed by atoms with Gasteiger partial charge in [0.15, 0.2) is 0 Å². The summed E-state index contributed by atoms with van der Waals surface area (Å²) in [6.07, 6.45) is 0. The summed E-state index contributed by atoms with van der Waals surface area (Å²) >= 11 is 7.90. The van der Waals surface area contributed by atoms with E-state index in [9.17, 15) is 9.59 Å². The number of carbonyl (C=O) groups excluding carboxylic acids is 2. The highest BCUT2D eigenvalue weighted by atomic mass is 127. The van der Waals surface area contributed by atoms with Gasteiger partial charge in [0, 0.05) is 14.2 Å². The molecule has 0 bridgehead atoms. The number of hydrogen-bond acceptors (Lipinski definition) is 2. The van der Waals surface area contributed by atoms with Gasteiger partial charge in [0.05, 0.1) is 5.56 Å². The fraction of sp³-hybridized carbons (Fsp3) is 0.0667. The molecule has 0 atom stereocenters. The highest BCUT2D eigenvalue weighted by Gasteiger charge is 2.13. The lowest BCUT2D eigenvalue weighted by atomic mass is 10.1. The number of halogens is 2. The van der Waals surface area contributed by atoms with Crippen LogP contribution in [0, 0.1) is 10.5 Å². The summed E-state index contributed by atoms with van der Waals surface area (Å²) in [7, 11) is 0. The summed E-state index contributed by atoms with van der Waals surface area (Å²) in [5.41, 5.74) is 6.55. The molecule has 2 aromatic rings. The molecule has 0 aliphatic carbocycles. The Morgan fingerprint density at radius 3 is 2.29 bits per heavy atom. The molecule has 21 heavy (non-hydrogen) atoms. The van der Waals surface area contributed by atoms with Crippen molar-refractivity contribution in [2.24, 2.45) is 0 Å². The molecule has 2 N–H and O–H groups in total. The van der Waals surface area contributed by atoms with Crippen LogP contribution in [0.3, 0.4) is 0 Å². The molecule has 4 nitrogen and oxygen atoms in total. The Morgan fingerprint density at radius 2 is 1.62 bits per heavy atom. The molecule has 0 aromatic heterocycles. The second-order valence-corrected chi connectivity index (χ2v) is 5.95. The molecule has 0 radical (unpaired) electrons. The molecule has 0 spiro atoms. The minimum absolute atomic E-state index is 0.363. The van der Waals surface area contributed by atoms with Crippen molar-refractivity contribution in [2.75, 3.05) is 0 Å². The number of nitrogens with one attached hydrogen (secondary N) is 2. The number of aryl methyl sites for hydroxylation is 1. The molecule has 2 amide bonds. The first-order chi connectivity index (χ1) is 9.99. The maximum Gasteiger partial charge on any atom is 0.270 e. The molecule has 2 rings (SSSR count). The number of amides is 2. The Morgan fingerprint density at radius 1 is 1.00 bits per heavy atom. The van der Waals surface area contributed by atoms with Gasteiger partial charge in [-0.1, -0.05) is 29.8 Å². The molecule has 6 heteroatoms. The van der Waals surface area contributed by atoms with Crippen LogP contribution in [0.25, 0.3) is 0 Å². The van der Waals surface area contributed by atoms with Gasteiger partial charge in [0.25, 0.3) is 11.8 Å². The smallest absolute Gasteiger partial charge is 0.267 e. The van der Waals surface area contributed by atoms with E-state index >= 15 is 0 Å². The predicted molar refractivity (Wildman–Crippen MR) is 90.3 cm³/mol. The molecule has 0 saturated heterocycles. The molecule has 0 heterocycles. The fourth-order valence-electron chi connectivity index (χ4n) is 1.75. The van der Waals surface area contributed by atoms with Gasteiger partial charge in [-0.2, -0.15) is 0 Å². The Balaban J connectivity index is 2.06. The largest absolute Gasteiger partial charge is 0.270 e. The first-order valence-corrected chi connectivity index (χ1v) is 7.56. The molecular weight excluding hydrogens is 403 g/mol. The number of carbonyl (C=O) groups is 2. The van der Waals surface area contributed by atoms with E-state index in [1.54, 1.807) is 30.3 Å². The number of benzene rings is 2. The average molecular weight is 415 g/mol. The predicted octanol–water partition coefficient (Wildman–Crippen LogP) is 3.33. The third-order valence-corrected chi connectivity index (χ3v) is 4.03. The van der Waals surface area contributed by atoms with E-state index in [1.807, 2.05) is 41.6 Å². The molecule has 108 valence electrons. The first kappa shape index (κ1) is 15.8. The van der Waals surface area contributed by atoms with Gasteiger partial charge in [0.1, 0.15) is 0 Å². The van der Waals surface area contributed by atoms with Crippen molar-refractivity contribution in [1.82, 2.24) is 10.9 Å². The molecule has 0 saturated carbocycles. The molecule has 2 aromatic carbocycles. The van der Waals surface area contributed by atoms with Crippen molar-refractivity contribution >= 4 is 46.0 Å².